The maximum Gasteiger partial charge on any atom is 0.232 e. The molecule has 5 heteroatoms. The molecule has 18 heavy (non-hydrogen) atoms. The molecular formula is C13H22N2O2S. The number of nitrogens with one attached hydrogen (secondary N) is 2. The van der Waals surface area contributed by atoms with Crippen LogP contribution in [0.1, 0.15) is 24.5 Å². The zero-order chi connectivity index (χ0) is 13.6. The third-order valence-corrected chi connectivity index (χ3v) is 4.02. The van der Waals surface area contributed by atoms with Gasteiger partial charge in [0.25, 0.3) is 0 Å². The Morgan fingerprint density at radius 3 is 2.56 bits per heavy atom. The van der Waals surface area contributed by atoms with Gasteiger partial charge in [-0.15, -0.1) is 0 Å². The van der Waals surface area contributed by atoms with Gasteiger partial charge in [0.15, 0.2) is 0 Å². The van der Waals surface area contributed by atoms with E-state index in [-0.39, 0.29) is 5.75 Å². The highest BCUT2D eigenvalue weighted by Crippen LogP contribution is 2.17. The van der Waals surface area contributed by atoms with E-state index in [1.165, 1.54) is 0 Å². The van der Waals surface area contributed by atoms with Crippen LogP contribution in [0.4, 0.5) is 5.69 Å². The van der Waals surface area contributed by atoms with E-state index in [0.717, 1.165) is 24.2 Å². The molecule has 0 saturated heterocycles. The molecule has 0 amide bonds. The highest BCUT2D eigenvalue weighted by Gasteiger charge is 2.11. The van der Waals surface area contributed by atoms with Crippen LogP contribution < -0.4 is 10.0 Å². The molecule has 0 aliphatic rings. The fourth-order valence-electron chi connectivity index (χ4n) is 1.71. The molecule has 0 fully saturated rings. The lowest BCUT2D eigenvalue weighted by Crippen LogP contribution is -2.22. The Bertz CT molecular complexity index is 484. The van der Waals surface area contributed by atoms with Crippen LogP contribution in [0.25, 0.3) is 0 Å². The first-order chi connectivity index (χ1) is 8.44. The number of benzene rings is 1. The topological polar surface area (TPSA) is 58.2 Å². The number of hydrogen-bond acceptors (Lipinski definition) is 3. The molecule has 0 saturated carbocycles. The number of anilines is 1. The second kappa shape index (κ2) is 6.75. The minimum atomic E-state index is -3.24. The first-order valence-electron chi connectivity index (χ1n) is 6.23. The van der Waals surface area contributed by atoms with Gasteiger partial charge in [0.05, 0.1) is 11.4 Å². The van der Waals surface area contributed by atoms with Gasteiger partial charge in [-0.3, -0.25) is 4.72 Å². The molecule has 0 radical (unpaired) electrons. The van der Waals surface area contributed by atoms with Crippen molar-refractivity contribution in [1.82, 2.24) is 5.32 Å². The van der Waals surface area contributed by atoms with Gasteiger partial charge in [-0.2, -0.15) is 0 Å². The van der Waals surface area contributed by atoms with Gasteiger partial charge in [0.2, 0.25) is 10.0 Å². The molecule has 0 spiro atoms. The standard InChI is InChI=1S/C13H22N2O2S/c1-4-14-8-5-9-18(16,17)15-13-7-6-11(2)10-12(13)3/h6-7,10,14-15H,4-5,8-9H2,1-3H3. The Morgan fingerprint density at radius 2 is 1.94 bits per heavy atom. The molecule has 0 aromatic heterocycles. The van der Waals surface area contributed by atoms with Gasteiger partial charge in [-0.05, 0) is 45.0 Å². The molecule has 0 unspecified atom stereocenters. The van der Waals surface area contributed by atoms with Crippen molar-refractivity contribution in [2.24, 2.45) is 0 Å². The zero-order valence-corrected chi connectivity index (χ0v) is 12.1. The summed E-state index contributed by atoms with van der Waals surface area (Å²) in [7, 11) is -3.24. The first-order valence-corrected chi connectivity index (χ1v) is 7.88. The summed E-state index contributed by atoms with van der Waals surface area (Å²) in [6.07, 6.45) is 0.619. The molecule has 4 nitrogen and oxygen atoms in total. The fourth-order valence-corrected chi connectivity index (χ4v) is 2.90. The van der Waals surface area contributed by atoms with Crippen molar-refractivity contribution in [3.63, 3.8) is 0 Å². The molecular weight excluding hydrogens is 248 g/mol. The first kappa shape index (κ1) is 15.0. The average Bonchev–Trinajstić information content (AvgIpc) is 2.28. The van der Waals surface area contributed by atoms with Crippen LogP contribution >= 0.6 is 0 Å². The summed E-state index contributed by atoms with van der Waals surface area (Å²) in [4.78, 5) is 0. The summed E-state index contributed by atoms with van der Waals surface area (Å²) < 4.78 is 26.4. The van der Waals surface area contributed by atoms with E-state index in [1.807, 2.05) is 39.0 Å². The second-order valence-electron chi connectivity index (χ2n) is 4.45. The number of hydrogen-bond donors (Lipinski definition) is 2. The van der Waals surface area contributed by atoms with Crippen molar-refractivity contribution in [2.75, 3.05) is 23.6 Å². The predicted octanol–water partition coefficient (Wildman–Crippen LogP) is 2.04. The van der Waals surface area contributed by atoms with Crippen LogP contribution in [0.5, 0.6) is 0 Å². The molecule has 1 aromatic rings. The lowest BCUT2D eigenvalue weighted by Gasteiger charge is -2.11. The molecule has 1 rings (SSSR count). The van der Waals surface area contributed by atoms with Gasteiger partial charge < -0.3 is 5.32 Å². The van der Waals surface area contributed by atoms with Gasteiger partial charge in [-0.1, -0.05) is 24.6 Å². The van der Waals surface area contributed by atoms with Crippen molar-refractivity contribution >= 4 is 15.7 Å². The molecule has 1 aromatic carbocycles. The fraction of sp³-hybridized carbons (Fsp3) is 0.538. The Labute approximate surface area is 110 Å². The molecule has 0 heterocycles. The highest BCUT2D eigenvalue weighted by atomic mass is 32.2. The van der Waals surface area contributed by atoms with Crippen molar-refractivity contribution in [1.29, 1.82) is 0 Å². The van der Waals surface area contributed by atoms with E-state index in [9.17, 15) is 8.42 Å². The largest absolute Gasteiger partial charge is 0.317 e. The lowest BCUT2D eigenvalue weighted by molar-refractivity contribution is 0.595. The minimum absolute atomic E-state index is 0.146. The smallest absolute Gasteiger partial charge is 0.232 e. The van der Waals surface area contributed by atoms with E-state index in [1.54, 1.807) is 0 Å². The van der Waals surface area contributed by atoms with Crippen molar-refractivity contribution in [3.8, 4) is 0 Å². The monoisotopic (exact) mass is 270 g/mol. The molecule has 0 atom stereocenters. The summed E-state index contributed by atoms with van der Waals surface area (Å²) in [6.45, 7) is 7.49. The summed E-state index contributed by atoms with van der Waals surface area (Å²) in [5.41, 5.74) is 2.75. The number of rotatable bonds is 7. The molecule has 0 aliphatic heterocycles. The van der Waals surface area contributed by atoms with Crippen molar-refractivity contribution in [2.45, 2.75) is 27.2 Å². The summed E-state index contributed by atoms with van der Waals surface area (Å²) in [6, 6.07) is 5.69. The zero-order valence-electron chi connectivity index (χ0n) is 11.3. The lowest BCUT2D eigenvalue weighted by atomic mass is 10.1. The number of sulfonamides is 1. The highest BCUT2D eigenvalue weighted by molar-refractivity contribution is 7.92. The van der Waals surface area contributed by atoms with Crippen LogP contribution in [0.2, 0.25) is 0 Å². The quantitative estimate of drug-likeness (QED) is 0.746. The summed E-state index contributed by atoms with van der Waals surface area (Å²) in [5.74, 6) is 0.146. The molecule has 0 aliphatic carbocycles. The van der Waals surface area contributed by atoms with Gasteiger partial charge >= 0.3 is 0 Å². The Balaban J connectivity index is 2.59. The Kier molecular flexibility index (Phi) is 5.62. The third-order valence-electron chi connectivity index (χ3n) is 2.66. The maximum absolute atomic E-state index is 11.9. The normalized spacial score (nSPS) is 11.5. The summed E-state index contributed by atoms with van der Waals surface area (Å²) >= 11 is 0. The Morgan fingerprint density at radius 1 is 1.22 bits per heavy atom. The number of aryl methyl sites for hydroxylation is 2. The second-order valence-corrected chi connectivity index (χ2v) is 6.29. The molecule has 0 bridgehead atoms. The van der Waals surface area contributed by atoms with E-state index in [2.05, 4.69) is 10.0 Å². The van der Waals surface area contributed by atoms with E-state index in [0.29, 0.717) is 12.1 Å². The van der Waals surface area contributed by atoms with Crippen LogP contribution in [0.3, 0.4) is 0 Å². The minimum Gasteiger partial charge on any atom is -0.317 e. The van der Waals surface area contributed by atoms with Crippen LogP contribution in [-0.4, -0.2) is 27.3 Å². The van der Waals surface area contributed by atoms with Crippen molar-refractivity contribution < 1.29 is 8.42 Å². The van der Waals surface area contributed by atoms with Gasteiger partial charge in [-0.25, -0.2) is 8.42 Å². The van der Waals surface area contributed by atoms with Gasteiger partial charge in [0.1, 0.15) is 0 Å². The van der Waals surface area contributed by atoms with Crippen LogP contribution in [-0.2, 0) is 10.0 Å². The van der Waals surface area contributed by atoms with Crippen LogP contribution in [0, 0.1) is 13.8 Å². The third kappa shape index (κ3) is 5.06. The average molecular weight is 270 g/mol. The van der Waals surface area contributed by atoms with Crippen LogP contribution in [0.15, 0.2) is 18.2 Å². The van der Waals surface area contributed by atoms with E-state index in [4.69, 9.17) is 0 Å². The predicted molar refractivity (Wildman–Crippen MR) is 76.5 cm³/mol. The maximum atomic E-state index is 11.9. The van der Waals surface area contributed by atoms with Crippen molar-refractivity contribution in [3.05, 3.63) is 29.3 Å². The van der Waals surface area contributed by atoms with Gasteiger partial charge in [0, 0.05) is 0 Å². The molecule has 102 valence electrons. The SMILES string of the molecule is CCNCCCS(=O)(=O)Nc1ccc(C)cc1C. The molecule has 2 N–H and O–H groups in total. The summed E-state index contributed by atoms with van der Waals surface area (Å²) in [5, 5.41) is 3.11. The Hall–Kier alpha value is -1.07. The van der Waals surface area contributed by atoms with E-state index >= 15 is 0 Å². The van der Waals surface area contributed by atoms with E-state index < -0.39 is 10.0 Å².